The summed E-state index contributed by atoms with van der Waals surface area (Å²) in [5.41, 5.74) is -0.171. The van der Waals surface area contributed by atoms with Gasteiger partial charge in [-0.25, -0.2) is 4.79 Å². The molecule has 1 aliphatic rings. The number of carbonyl (C=O) groups excluding carboxylic acids is 2. The highest BCUT2D eigenvalue weighted by Gasteiger charge is 2.24. The SMILES string of the molecule is O=C1/C=C/CC/C=C/CCOC(=O)c2c(cc(OOF)cc2OOF)C1. The Morgan fingerprint density at radius 3 is 2.42 bits per heavy atom. The Morgan fingerprint density at radius 2 is 1.65 bits per heavy atom. The second-order valence-corrected chi connectivity index (χ2v) is 5.27. The maximum absolute atomic E-state index is 12.4. The molecule has 1 heterocycles. The van der Waals surface area contributed by atoms with E-state index in [0.717, 1.165) is 12.5 Å². The number of cyclic esters (lactones) is 1. The van der Waals surface area contributed by atoms with Crippen LogP contribution in [-0.4, -0.2) is 18.4 Å². The van der Waals surface area contributed by atoms with Gasteiger partial charge in [-0.3, -0.25) is 4.79 Å². The zero-order chi connectivity index (χ0) is 18.8. The maximum Gasteiger partial charge on any atom is 0.342 e. The lowest BCUT2D eigenvalue weighted by Gasteiger charge is -2.13. The molecule has 0 spiro atoms. The van der Waals surface area contributed by atoms with E-state index in [-0.39, 0.29) is 35.7 Å². The van der Waals surface area contributed by atoms with Crippen molar-refractivity contribution in [2.45, 2.75) is 25.7 Å². The van der Waals surface area contributed by atoms with Crippen molar-refractivity contribution >= 4 is 11.8 Å². The molecule has 0 amide bonds. The summed E-state index contributed by atoms with van der Waals surface area (Å²) in [6, 6.07) is 2.13. The molecule has 0 saturated heterocycles. The van der Waals surface area contributed by atoms with Crippen LogP contribution in [0.25, 0.3) is 0 Å². The Morgan fingerprint density at radius 1 is 0.923 bits per heavy atom. The Kier molecular flexibility index (Phi) is 7.72. The van der Waals surface area contributed by atoms with Gasteiger partial charge in [-0.05, 0) is 46.0 Å². The van der Waals surface area contributed by atoms with Crippen molar-refractivity contribution in [3.8, 4) is 11.5 Å². The molecule has 0 aromatic heterocycles. The van der Waals surface area contributed by atoms with Crippen LogP contribution in [0.15, 0.2) is 36.4 Å². The molecule has 1 aromatic rings. The molecule has 0 unspecified atom stereocenters. The number of esters is 1. The van der Waals surface area contributed by atoms with Gasteiger partial charge in [0.25, 0.3) is 0 Å². The Hall–Kier alpha value is -2.78. The van der Waals surface area contributed by atoms with Crippen LogP contribution in [0.5, 0.6) is 11.5 Å². The van der Waals surface area contributed by atoms with Crippen molar-refractivity contribution < 1.29 is 43.3 Å². The zero-order valence-electron chi connectivity index (χ0n) is 13.6. The van der Waals surface area contributed by atoms with Crippen molar-refractivity contribution in [2.75, 3.05) is 6.61 Å². The first-order valence-corrected chi connectivity index (χ1v) is 7.74. The Balaban J connectivity index is 2.45. The molecule has 0 fully saturated rings. The summed E-state index contributed by atoms with van der Waals surface area (Å²) in [6.45, 7) is 0.0698. The topological polar surface area (TPSA) is 80.3 Å². The van der Waals surface area contributed by atoms with Gasteiger partial charge >= 0.3 is 5.97 Å². The lowest BCUT2D eigenvalue weighted by molar-refractivity contribution is -0.371. The largest absolute Gasteiger partial charge is 0.462 e. The molecule has 1 aliphatic heterocycles. The number of carbonyl (C=O) groups is 2. The molecule has 0 atom stereocenters. The number of ketones is 1. The minimum atomic E-state index is -0.859. The molecule has 140 valence electrons. The van der Waals surface area contributed by atoms with Crippen molar-refractivity contribution in [3.63, 3.8) is 0 Å². The monoisotopic (exact) mass is 370 g/mol. The summed E-state index contributed by atoms with van der Waals surface area (Å²) >= 11 is 0. The van der Waals surface area contributed by atoms with E-state index < -0.39 is 11.7 Å². The van der Waals surface area contributed by atoms with E-state index in [1.165, 1.54) is 12.1 Å². The van der Waals surface area contributed by atoms with E-state index in [4.69, 9.17) is 4.74 Å². The van der Waals surface area contributed by atoms with E-state index in [9.17, 15) is 18.6 Å². The normalized spacial score (nSPS) is 18.2. The molecule has 0 saturated carbocycles. The lowest BCUT2D eigenvalue weighted by atomic mass is 10.00. The number of benzene rings is 1. The number of rotatable bonds is 4. The van der Waals surface area contributed by atoms with Crippen LogP contribution in [-0.2, 0) is 26.1 Å². The summed E-state index contributed by atoms with van der Waals surface area (Å²) < 4.78 is 29.3. The minimum Gasteiger partial charge on any atom is -0.462 e. The van der Waals surface area contributed by atoms with Crippen molar-refractivity contribution in [1.29, 1.82) is 0 Å². The number of ether oxygens (including phenoxy) is 1. The number of hydrogen-bond donors (Lipinski definition) is 0. The molecule has 2 rings (SSSR count). The summed E-state index contributed by atoms with van der Waals surface area (Å²) in [5, 5.41) is 6.16. The molecule has 7 nitrogen and oxygen atoms in total. The highest BCUT2D eigenvalue weighted by atomic mass is 19.3. The van der Waals surface area contributed by atoms with Crippen LogP contribution in [0.1, 0.15) is 35.2 Å². The fourth-order valence-corrected chi connectivity index (χ4v) is 2.38. The third-order valence-corrected chi connectivity index (χ3v) is 3.46. The first-order chi connectivity index (χ1) is 12.7. The highest BCUT2D eigenvalue weighted by Crippen LogP contribution is 2.31. The Bertz CT molecular complexity index is 701. The first kappa shape index (κ1) is 19.5. The van der Waals surface area contributed by atoms with Gasteiger partial charge in [0, 0.05) is 22.7 Å². The molecule has 9 heteroatoms. The molecule has 0 aliphatic carbocycles. The molecule has 1 aromatic carbocycles. The second kappa shape index (κ2) is 10.3. The maximum atomic E-state index is 12.4. The molecule has 0 bridgehead atoms. The van der Waals surface area contributed by atoms with E-state index in [1.807, 2.05) is 12.2 Å². The lowest BCUT2D eigenvalue weighted by Crippen LogP contribution is -2.14. The molecule has 0 N–H and O–H groups in total. The minimum absolute atomic E-state index is 0.0684. The summed E-state index contributed by atoms with van der Waals surface area (Å²) in [5.74, 6) is -1.93. The quantitative estimate of drug-likeness (QED) is 0.346. The Labute approximate surface area is 147 Å². The summed E-state index contributed by atoms with van der Waals surface area (Å²) in [7, 11) is 0. The molecule has 26 heavy (non-hydrogen) atoms. The number of hydrogen-bond acceptors (Lipinski definition) is 7. The third kappa shape index (κ3) is 5.64. The van der Waals surface area contributed by atoms with Gasteiger partial charge in [0.2, 0.25) is 0 Å². The predicted molar refractivity (Wildman–Crippen MR) is 83.2 cm³/mol. The average Bonchev–Trinajstić information content (AvgIpc) is 2.60. The van der Waals surface area contributed by atoms with Gasteiger partial charge in [0.1, 0.15) is 5.56 Å². The van der Waals surface area contributed by atoms with E-state index in [2.05, 4.69) is 20.0 Å². The van der Waals surface area contributed by atoms with E-state index in [0.29, 0.717) is 12.8 Å². The van der Waals surface area contributed by atoms with Crippen LogP contribution in [0.4, 0.5) is 9.05 Å². The fraction of sp³-hybridized carbons (Fsp3) is 0.294. The van der Waals surface area contributed by atoms with Crippen LogP contribution in [0, 0.1) is 0 Å². The molecular formula is C17H16F2O7. The number of halogens is 2. The second-order valence-electron chi connectivity index (χ2n) is 5.27. The highest BCUT2D eigenvalue weighted by molar-refractivity contribution is 5.98. The first-order valence-electron chi connectivity index (χ1n) is 7.74. The van der Waals surface area contributed by atoms with Gasteiger partial charge in [-0.2, -0.15) is 0 Å². The van der Waals surface area contributed by atoms with Gasteiger partial charge in [-0.15, -0.1) is 0 Å². The smallest absolute Gasteiger partial charge is 0.342 e. The standard InChI is InChI=1S/C17H16F2O7/c18-25-23-14-10-12-9-13(20)7-5-3-1-2-4-6-8-22-17(21)16(12)15(11-14)24-26-19/h2,4-5,7,10-11H,1,3,6,8-9H2/b4-2+,7-5+. The van der Waals surface area contributed by atoms with Crippen LogP contribution >= 0.6 is 0 Å². The summed E-state index contributed by atoms with van der Waals surface area (Å²) in [4.78, 5) is 33.0. The summed E-state index contributed by atoms with van der Waals surface area (Å²) in [6.07, 6.45) is 8.44. The van der Waals surface area contributed by atoms with Crippen LogP contribution in [0.3, 0.4) is 0 Å². The van der Waals surface area contributed by atoms with Gasteiger partial charge in [0.05, 0.1) is 6.61 Å². The third-order valence-electron chi connectivity index (χ3n) is 3.46. The zero-order valence-corrected chi connectivity index (χ0v) is 13.6. The number of fused-ring (bicyclic) bond motifs is 1. The number of allylic oxidation sites excluding steroid dienone is 3. The van der Waals surface area contributed by atoms with E-state index >= 15 is 0 Å². The van der Waals surface area contributed by atoms with Gasteiger partial charge in [0.15, 0.2) is 17.3 Å². The fourth-order valence-electron chi connectivity index (χ4n) is 2.38. The average molecular weight is 370 g/mol. The van der Waals surface area contributed by atoms with Gasteiger partial charge in [-0.1, -0.05) is 18.2 Å². The van der Waals surface area contributed by atoms with E-state index in [1.54, 1.807) is 6.08 Å². The van der Waals surface area contributed by atoms with Crippen molar-refractivity contribution in [3.05, 3.63) is 47.6 Å². The molecule has 0 radical (unpaired) electrons. The van der Waals surface area contributed by atoms with Gasteiger partial charge < -0.3 is 14.5 Å². The van der Waals surface area contributed by atoms with Crippen molar-refractivity contribution in [2.24, 2.45) is 0 Å². The van der Waals surface area contributed by atoms with Crippen LogP contribution in [0.2, 0.25) is 0 Å². The molecular weight excluding hydrogens is 354 g/mol. The van der Waals surface area contributed by atoms with Crippen LogP contribution < -0.4 is 9.78 Å². The predicted octanol–water partition coefficient (Wildman–Crippen LogP) is 3.64. The van der Waals surface area contributed by atoms with Crippen molar-refractivity contribution in [1.82, 2.24) is 0 Å².